The van der Waals surface area contributed by atoms with E-state index in [1.165, 1.54) is 12.8 Å². The van der Waals surface area contributed by atoms with Crippen molar-refractivity contribution >= 4 is 5.91 Å². The lowest BCUT2D eigenvalue weighted by atomic mass is 10.1. The van der Waals surface area contributed by atoms with Crippen LogP contribution in [-0.2, 0) is 4.79 Å². The van der Waals surface area contributed by atoms with E-state index in [2.05, 4.69) is 0 Å². The molecule has 1 amide bonds. The van der Waals surface area contributed by atoms with Crippen molar-refractivity contribution in [2.45, 2.75) is 53.4 Å². The number of carbonyl (C=O) groups is 1. The van der Waals surface area contributed by atoms with E-state index >= 15 is 0 Å². The van der Waals surface area contributed by atoms with Crippen molar-refractivity contribution in [2.75, 3.05) is 0 Å². The molecule has 2 N–H and O–H groups in total. The molecule has 0 atom stereocenters. The van der Waals surface area contributed by atoms with Crippen LogP contribution in [0.4, 0.5) is 0 Å². The third kappa shape index (κ3) is 6.20. The van der Waals surface area contributed by atoms with Gasteiger partial charge in [0, 0.05) is 5.92 Å². The van der Waals surface area contributed by atoms with Gasteiger partial charge in [0.15, 0.2) is 0 Å². The van der Waals surface area contributed by atoms with Gasteiger partial charge in [-0.2, -0.15) is 0 Å². The van der Waals surface area contributed by atoms with Gasteiger partial charge in [0.25, 0.3) is 0 Å². The van der Waals surface area contributed by atoms with Crippen LogP contribution in [0.5, 0.6) is 0 Å². The zero-order chi connectivity index (χ0) is 9.98. The lowest BCUT2D eigenvalue weighted by molar-refractivity contribution is -0.121. The molecule has 0 unspecified atom stereocenters. The van der Waals surface area contributed by atoms with Crippen molar-refractivity contribution in [2.24, 2.45) is 11.7 Å². The van der Waals surface area contributed by atoms with Gasteiger partial charge in [-0.3, -0.25) is 4.79 Å². The zero-order valence-corrected chi connectivity index (χ0v) is 8.89. The minimum absolute atomic E-state index is 0.109. The maximum Gasteiger partial charge on any atom is 0.220 e. The third-order valence-electron chi connectivity index (χ3n) is 1.76. The van der Waals surface area contributed by atoms with Gasteiger partial charge >= 0.3 is 0 Å². The molecule has 1 aliphatic carbocycles. The molecule has 0 saturated heterocycles. The summed E-state index contributed by atoms with van der Waals surface area (Å²) in [5.74, 6) is 0.0949. The molecular weight excluding hydrogens is 150 g/mol. The van der Waals surface area contributed by atoms with E-state index in [1.807, 2.05) is 27.7 Å². The standard InChI is InChI=1S/C6H11NO.2C2H6/c7-6(8)5-3-1-2-4-5;2*1-2/h5H,1-4H2,(H2,7,8);2*1-2H3. The Kier molecular flexibility index (Phi) is 12.2. The first-order valence-electron chi connectivity index (χ1n) is 5.10. The maximum absolute atomic E-state index is 10.4. The number of hydrogen-bond donors (Lipinski definition) is 1. The average molecular weight is 173 g/mol. The van der Waals surface area contributed by atoms with Crippen LogP contribution in [0.2, 0.25) is 0 Å². The fourth-order valence-electron chi connectivity index (χ4n) is 1.21. The first-order valence-corrected chi connectivity index (χ1v) is 5.10. The average Bonchev–Trinajstić information content (AvgIpc) is 2.64. The number of hydrogen-bond acceptors (Lipinski definition) is 1. The van der Waals surface area contributed by atoms with Crippen LogP contribution in [0, 0.1) is 5.92 Å². The summed E-state index contributed by atoms with van der Waals surface area (Å²) in [5.41, 5.74) is 5.06. The number of amides is 1. The Hall–Kier alpha value is -0.530. The zero-order valence-electron chi connectivity index (χ0n) is 8.89. The Morgan fingerprint density at radius 1 is 1.08 bits per heavy atom. The van der Waals surface area contributed by atoms with Crippen LogP contribution in [0.25, 0.3) is 0 Å². The highest BCUT2D eigenvalue weighted by atomic mass is 16.1. The van der Waals surface area contributed by atoms with Crippen molar-refractivity contribution in [3.63, 3.8) is 0 Å². The first-order chi connectivity index (χ1) is 5.80. The van der Waals surface area contributed by atoms with Gasteiger partial charge in [-0.25, -0.2) is 0 Å². The molecule has 0 aliphatic heterocycles. The summed E-state index contributed by atoms with van der Waals surface area (Å²) in [6, 6.07) is 0. The summed E-state index contributed by atoms with van der Waals surface area (Å²) >= 11 is 0. The molecule has 0 aromatic carbocycles. The van der Waals surface area contributed by atoms with Gasteiger partial charge in [0.2, 0.25) is 5.91 Å². The van der Waals surface area contributed by atoms with Crippen molar-refractivity contribution in [3.05, 3.63) is 0 Å². The van der Waals surface area contributed by atoms with Crippen molar-refractivity contribution in [1.82, 2.24) is 0 Å². The van der Waals surface area contributed by atoms with Crippen LogP contribution in [0.15, 0.2) is 0 Å². The fraction of sp³-hybridized carbons (Fsp3) is 0.900. The van der Waals surface area contributed by atoms with Gasteiger partial charge in [0.05, 0.1) is 0 Å². The maximum atomic E-state index is 10.4. The second-order valence-corrected chi connectivity index (χ2v) is 2.38. The van der Waals surface area contributed by atoms with Gasteiger partial charge in [0.1, 0.15) is 0 Å². The summed E-state index contributed by atoms with van der Waals surface area (Å²) in [7, 11) is 0. The summed E-state index contributed by atoms with van der Waals surface area (Å²) in [5, 5.41) is 0. The van der Waals surface area contributed by atoms with E-state index in [9.17, 15) is 4.79 Å². The topological polar surface area (TPSA) is 43.1 Å². The minimum Gasteiger partial charge on any atom is -0.369 e. The predicted molar refractivity (Wildman–Crippen MR) is 53.8 cm³/mol. The number of primary amides is 1. The van der Waals surface area contributed by atoms with Crippen LogP contribution in [0.3, 0.4) is 0 Å². The highest BCUT2D eigenvalue weighted by molar-refractivity contribution is 5.76. The second-order valence-electron chi connectivity index (χ2n) is 2.38. The lowest BCUT2D eigenvalue weighted by Crippen LogP contribution is -2.19. The molecule has 1 fully saturated rings. The van der Waals surface area contributed by atoms with Crippen molar-refractivity contribution in [3.8, 4) is 0 Å². The molecular formula is C10H23NO. The van der Waals surface area contributed by atoms with Crippen LogP contribution in [-0.4, -0.2) is 5.91 Å². The summed E-state index contributed by atoms with van der Waals surface area (Å²) in [6.07, 6.45) is 4.42. The SMILES string of the molecule is CC.CC.NC(=O)C1CCCC1. The largest absolute Gasteiger partial charge is 0.369 e. The predicted octanol–water partition coefficient (Wildman–Crippen LogP) is 2.71. The Bertz CT molecular complexity index is 96.0. The van der Waals surface area contributed by atoms with Gasteiger partial charge < -0.3 is 5.73 Å². The molecule has 0 bridgehead atoms. The highest BCUT2D eigenvalue weighted by Crippen LogP contribution is 2.23. The molecule has 0 spiro atoms. The van der Waals surface area contributed by atoms with Crippen molar-refractivity contribution in [1.29, 1.82) is 0 Å². The van der Waals surface area contributed by atoms with E-state index in [1.54, 1.807) is 0 Å². The molecule has 0 aromatic rings. The first kappa shape index (κ1) is 14.0. The molecule has 1 rings (SSSR count). The molecule has 2 heteroatoms. The number of carbonyl (C=O) groups excluding carboxylic acids is 1. The van der Waals surface area contributed by atoms with Gasteiger partial charge in [-0.15, -0.1) is 0 Å². The molecule has 2 nitrogen and oxygen atoms in total. The second kappa shape index (κ2) is 10.5. The monoisotopic (exact) mass is 173 g/mol. The van der Waals surface area contributed by atoms with E-state index in [0.717, 1.165) is 12.8 Å². The Morgan fingerprint density at radius 2 is 1.42 bits per heavy atom. The Morgan fingerprint density at radius 3 is 1.58 bits per heavy atom. The summed E-state index contributed by atoms with van der Waals surface area (Å²) in [6.45, 7) is 8.00. The van der Waals surface area contributed by atoms with Crippen molar-refractivity contribution < 1.29 is 4.79 Å². The molecule has 1 aliphatic rings. The Balaban J connectivity index is 0. The summed E-state index contributed by atoms with van der Waals surface area (Å²) in [4.78, 5) is 10.4. The molecule has 0 aromatic heterocycles. The van der Waals surface area contributed by atoms with Crippen LogP contribution < -0.4 is 5.73 Å². The van der Waals surface area contributed by atoms with E-state index in [-0.39, 0.29) is 11.8 Å². The van der Waals surface area contributed by atoms with Crippen LogP contribution >= 0.6 is 0 Å². The minimum atomic E-state index is -0.109. The normalized spacial score (nSPS) is 15.3. The fourth-order valence-corrected chi connectivity index (χ4v) is 1.21. The summed E-state index contributed by atoms with van der Waals surface area (Å²) < 4.78 is 0. The molecule has 0 heterocycles. The van der Waals surface area contributed by atoms with Crippen LogP contribution in [0.1, 0.15) is 53.4 Å². The third-order valence-corrected chi connectivity index (χ3v) is 1.76. The quantitative estimate of drug-likeness (QED) is 0.651. The Labute approximate surface area is 76.5 Å². The van der Waals surface area contributed by atoms with Gasteiger partial charge in [-0.05, 0) is 12.8 Å². The lowest BCUT2D eigenvalue weighted by Gasteiger charge is -1.98. The molecule has 12 heavy (non-hydrogen) atoms. The molecule has 0 radical (unpaired) electrons. The molecule has 74 valence electrons. The van der Waals surface area contributed by atoms with E-state index in [0.29, 0.717) is 0 Å². The number of rotatable bonds is 1. The smallest absolute Gasteiger partial charge is 0.220 e. The van der Waals surface area contributed by atoms with E-state index < -0.39 is 0 Å². The van der Waals surface area contributed by atoms with E-state index in [4.69, 9.17) is 5.73 Å². The number of nitrogens with two attached hydrogens (primary N) is 1. The van der Waals surface area contributed by atoms with Gasteiger partial charge in [-0.1, -0.05) is 40.5 Å². The highest BCUT2D eigenvalue weighted by Gasteiger charge is 2.19. The molecule has 1 saturated carbocycles.